The van der Waals surface area contributed by atoms with Crippen LogP contribution in [0.1, 0.15) is 20.8 Å². The summed E-state index contributed by atoms with van der Waals surface area (Å²) in [5.74, 6) is 0.997. The topological polar surface area (TPSA) is 18.5 Å². The number of allylic oxidation sites excluding steroid dienone is 2. The van der Waals surface area contributed by atoms with Gasteiger partial charge in [-0.1, -0.05) is 0 Å². The summed E-state index contributed by atoms with van der Waals surface area (Å²) in [5, 5.41) is 0. The van der Waals surface area contributed by atoms with E-state index in [2.05, 4.69) is 0 Å². The lowest BCUT2D eigenvalue weighted by Crippen LogP contribution is -2.00. The standard InChI is InChI=1S/C8H16O2/c1-7(2)8(3)10-6-5-9-4/h5-6H2,1-4H3. The molecule has 0 saturated heterocycles. The third-order valence-corrected chi connectivity index (χ3v) is 1.31. The third-order valence-electron chi connectivity index (χ3n) is 1.31. The summed E-state index contributed by atoms with van der Waals surface area (Å²) in [5.41, 5.74) is 1.22. The predicted octanol–water partition coefficient (Wildman–Crippen LogP) is 1.96. The highest BCUT2D eigenvalue weighted by atomic mass is 16.5. The summed E-state index contributed by atoms with van der Waals surface area (Å²) in [4.78, 5) is 0. The predicted molar refractivity (Wildman–Crippen MR) is 41.9 cm³/mol. The molecule has 0 aliphatic carbocycles. The van der Waals surface area contributed by atoms with Crippen LogP contribution in [0.25, 0.3) is 0 Å². The Hall–Kier alpha value is -0.500. The minimum Gasteiger partial charge on any atom is -0.496 e. The molecule has 0 bridgehead atoms. The van der Waals surface area contributed by atoms with Gasteiger partial charge in [-0.3, -0.25) is 0 Å². The average Bonchev–Trinajstić information content (AvgIpc) is 1.88. The molecule has 0 radical (unpaired) electrons. The summed E-state index contributed by atoms with van der Waals surface area (Å²) in [6.45, 7) is 7.33. The van der Waals surface area contributed by atoms with Crippen molar-refractivity contribution in [2.24, 2.45) is 0 Å². The average molecular weight is 144 g/mol. The van der Waals surface area contributed by atoms with Crippen LogP contribution in [0.3, 0.4) is 0 Å². The monoisotopic (exact) mass is 144 g/mol. The Labute approximate surface area is 62.8 Å². The Kier molecular flexibility index (Phi) is 5.03. The number of rotatable bonds is 4. The van der Waals surface area contributed by atoms with Crippen LogP contribution in [-0.2, 0) is 9.47 Å². The van der Waals surface area contributed by atoms with Crippen LogP contribution in [0.5, 0.6) is 0 Å². The van der Waals surface area contributed by atoms with Gasteiger partial charge in [-0.25, -0.2) is 0 Å². The molecule has 0 aromatic heterocycles. The summed E-state index contributed by atoms with van der Waals surface area (Å²) in [6.07, 6.45) is 0. The van der Waals surface area contributed by atoms with Gasteiger partial charge in [0.15, 0.2) is 0 Å². The van der Waals surface area contributed by atoms with E-state index >= 15 is 0 Å². The quantitative estimate of drug-likeness (QED) is 0.443. The number of hydrogen-bond acceptors (Lipinski definition) is 2. The first-order chi connectivity index (χ1) is 4.68. The van der Waals surface area contributed by atoms with E-state index in [1.54, 1.807) is 7.11 Å². The zero-order valence-corrected chi connectivity index (χ0v) is 7.23. The van der Waals surface area contributed by atoms with Crippen molar-refractivity contribution in [2.45, 2.75) is 20.8 Å². The molecule has 0 atom stereocenters. The van der Waals surface area contributed by atoms with E-state index in [9.17, 15) is 0 Å². The maximum absolute atomic E-state index is 5.30. The summed E-state index contributed by atoms with van der Waals surface area (Å²) >= 11 is 0. The normalized spacial score (nSPS) is 9.20. The molecule has 0 aromatic carbocycles. The highest BCUT2D eigenvalue weighted by Gasteiger charge is 1.90. The number of methoxy groups -OCH3 is 1. The minimum absolute atomic E-state index is 0.646. The Bertz CT molecular complexity index is 112. The molecule has 60 valence electrons. The van der Waals surface area contributed by atoms with E-state index in [4.69, 9.17) is 9.47 Å². The molecule has 0 rings (SSSR count). The van der Waals surface area contributed by atoms with Gasteiger partial charge in [0.1, 0.15) is 6.61 Å². The molecule has 0 saturated carbocycles. The Morgan fingerprint density at radius 2 is 1.70 bits per heavy atom. The van der Waals surface area contributed by atoms with Crippen LogP contribution < -0.4 is 0 Å². The lowest BCUT2D eigenvalue weighted by atomic mass is 10.3. The van der Waals surface area contributed by atoms with Crippen molar-refractivity contribution in [3.8, 4) is 0 Å². The number of ether oxygens (including phenoxy) is 2. The molecule has 0 spiro atoms. The van der Waals surface area contributed by atoms with Gasteiger partial charge in [0.2, 0.25) is 0 Å². The van der Waals surface area contributed by atoms with E-state index in [-0.39, 0.29) is 0 Å². The fourth-order valence-electron chi connectivity index (χ4n) is 0.422. The van der Waals surface area contributed by atoms with E-state index in [1.807, 2.05) is 20.8 Å². The second-order valence-electron chi connectivity index (χ2n) is 2.40. The zero-order valence-electron chi connectivity index (χ0n) is 7.23. The summed E-state index contributed by atoms with van der Waals surface area (Å²) < 4.78 is 10.1. The first-order valence-corrected chi connectivity index (χ1v) is 3.44. The van der Waals surface area contributed by atoms with E-state index in [0.29, 0.717) is 13.2 Å². The van der Waals surface area contributed by atoms with Crippen LogP contribution in [0.4, 0.5) is 0 Å². The van der Waals surface area contributed by atoms with Gasteiger partial charge in [-0.15, -0.1) is 0 Å². The van der Waals surface area contributed by atoms with Crippen LogP contribution in [0.15, 0.2) is 11.3 Å². The highest BCUT2D eigenvalue weighted by Crippen LogP contribution is 2.02. The van der Waals surface area contributed by atoms with E-state index in [0.717, 1.165) is 5.76 Å². The molecule has 2 heteroatoms. The SMILES string of the molecule is COCCOC(C)=C(C)C. The van der Waals surface area contributed by atoms with Crippen molar-refractivity contribution in [1.29, 1.82) is 0 Å². The summed E-state index contributed by atoms with van der Waals surface area (Å²) in [7, 11) is 1.67. The lowest BCUT2D eigenvalue weighted by Gasteiger charge is -2.06. The first kappa shape index (κ1) is 9.50. The van der Waals surface area contributed by atoms with Crippen LogP contribution in [-0.4, -0.2) is 20.3 Å². The smallest absolute Gasteiger partial charge is 0.111 e. The van der Waals surface area contributed by atoms with Crippen molar-refractivity contribution in [2.75, 3.05) is 20.3 Å². The van der Waals surface area contributed by atoms with Gasteiger partial charge in [-0.2, -0.15) is 0 Å². The van der Waals surface area contributed by atoms with Crippen molar-refractivity contribution in [3.05, 3.63) is 11.3 Å². The van der Waals surface area contributed by atoms with Crippen molar-refractivity contribution < 1.29 is 9.47 Å². The third kappa shape index (κ3) is 4.39. The molecular formula is C8H16O2. The van der Waals surface area contributed by atoms with Gasteiger partial charge in [0.05, 0.1) is 12.4 Å². The van der Waals surface area contributed by atoms with Gasteiger partial charge >= 0.3 is 0 Å². The van der Waals surface area contributed by atoms with E-state index < -0.39 is 0 Å². The molecule has 0 aliphatic rings. The summed E-state index contributed by atoms with van der Waals surface area (Å²) in [6, 6.07) is 0. The maximum atomic E-state index is 5.30. The molecule has 0 N–H and O–H groups in total. The van der Waals surface area contributed by atoms with Crippen molar-refractivity contribution in [3.63, 3.8) is 0 Å². The maximum Gasteiger partial charge on any atom is 0.111 e. The molecule has 0 aliphatic heterocycles. The Morgan fingerprint density at radius 1 is 1.10 bits per heavy atom. The van der Waals surface area contributed by atoms with E-state index in [1.165, 1.54) is 5.57 Å². The molecule has 0 fully saturated rings. The second-order valence-corrected chi connectivity index (χ2v) is 2.40. The van der Waals surface area contributed by atoms with Gasteiger partial charge < -0.3 is 9.47 Å². The zero-order chi connectivity index (χ0) is 7.98. The Balaban J connectivity index is 3.40. The molecule has 0 amide bonds. The number of hydrogen-bond donors (Lipinski definition) is 0. The van der Waals surface area contributed by atoms with Crippen LogP contribution in [0.2, 0.25) is 0 Å². The molecule has 0 unspecified atom stereocenters. The van der Waals surface area contributed by atoms with Gasteiger partial charge in [0.25, 0.3) is 0 Å². The second kappa shape index (κ2) is 5.30. The highest BCUT2D eigenvalue weighted by molar-refractivity contribution is 4.98. The first-order valence-electron chi connectivity index (χ1n) is 3.44. The van der Waals surface area contributed by atoms with Gasteiger partial charge in [0, 0.05) is 7.11 Å². The minimum atomic E-state index is 0.646. The Morgan fingerprint density at radius 3 is 2.10 bits per heavy atom. The fourth-order valence-corrected chi connectivity index (χ4v) is 0.422. The van der Waals surface area contributed by atoms with Crippen molar-refractivity contribution >= 4 is 0 Å². The van der Waals surface area contributed by atoms with Crippen LogP contribution in [0, 0.1) is 0 Å². The fraction of sp³-hybridized carbons (Fsp3) is 0.750. The lowest BCUT2D eigenvalue weighted by molar-refractivity contribution is 0.109. The molecule has 0 aromatic rings. The molecule has 0 heterocycles. The van der Waals surface area contributed by atoms with Gasteiger partial charge in [-0.05, 0) is 26.3 Å². The largest absolute Gasteiger partial charge is 0.496 e. The van der Waals surface area contributed by atoms with Crippen molar-refractivity contribution in [1.82, 2.24) is 0 Å². The molecular weight excluding hydrogens is 128 g/mol. The molecule has 2 nitrogen and oxygen atoms in total. The van der Waals surface area contributed by atoms with Crippen LogP contribution >= 0.6 is 0 Å². The molecule has 10 heavy (non-hydrogen) atoms.